The van der Waals surface area contributed by atoms with Crippen LogP contribution in [0.1, 0.15) is 46.6 Å². The number of hydrogen-bond acceptors (Lipinski definition) is 4. The van der Waals surface area contributed by atoms with Gasteiger partial charge < -0.3 is 5.32 Å². The second kappa shape index (κ2) is 6.69. The Morgan fingerprint density at radius 3 is 2.60 bits per heavy atom. The van der Waals surface area contributed by atoms with Gasteiger partial charge in [-0.3, -0.25) is 5.10 Å². The Morgan fingerprint density at radius 2 is 2.05 bits per heavy atom. The summed E-state index contributed by atoms with van der Waals surface area (Å²) in [6.07, 6.45) is 2.45. The highest BCUT2D eigenvalue weighted by Crippen LogP contribution is 2.19. The third kappa shape index (κ3) is 4.88. The van der Waals surface area contributed by atoms with Gasteiger partial charge in [0, 0.05) is 24.7 Å². The maximum absolute atomic E-state index is 12.3. The van der Waals surface area contributed by atoms with Gasteiger partial charge in [-0.1, -0.05) is 34.6 Å². The molecule has 0 fully saturated rings. The predicted molar refractivity (Wildman–Crippen MR) is 79.8 cm³/mol. The van der Waals surface area contributed by atoms with Gasteiger partial charge in [-0.15, -0.1) is 0 Å². The van der Waals surface area contributed by atoms with Crippen molar-refractivity contribution in [3.05, 3.63) is 11.8 Å². The van der Waals surface area contributed by atoms with E-state index < -0.39 is 10.0 Å². The first kappa shape index (κ1) is 17.1. The minimum absolute atomic E-state index is 0.0660. The SMILES string of the molecule is CCC(C)(C)CNS(=O)(=O)c1[nH]ncc1CNC(C)C. The minimum atomic E-state index is -3.55. The molecule has 1 rings (SSSR count). The monoisotopic (exact) mass is 302 g/mol. The summed E-state index contributed by atoms with van der Waals surface area (Å²) in [5, 5.41) is 9.77. The van der Waals surface area contributed by atoms with Crippen LogP contribution in [0.2, 0.25) is 0 Å². The Kier molecular flexibility index (Phi) is 5.73. The van der Waals surface area contributed by atoms with Gasteiger partial charge in [0.25, 0.3) is 10.0 Å². The van der Waals surface area contributed by atoms with Crippen molar-refractivity contribution in [2.75, 3.05) is 6.54 Å². The van der Waals surface area contributed by atoms with E-state index in [1.807, 2.05) is 34.6 Å². The summed E-state index contributed by atoms with van der Waals surface area (Å²) in [4.78, 5) is 0. The number of nitrogens with one attached hydrogen (secondary N) is 3. The molecule has 7 heteroatoms. The van der Waals surface area contributed by atoms with Crippen LogP contribution in [-0.4, -0.2) is 31.2 Å². The van der Waals surface area contributed by atoms with Gasteiger partial charge >= 0.3 is 0 Å². The van der Waals surface area contributed by atoms with E-state index in [2.05, 4.69) is 20.2 Å². The van der Waals surface area contributed by atoms with Crippen molar-refractivity contribution in [2.45, 2.75) is 58.7 Å². The summed E-state index contributed by atoms with van der Waals surface area (Å²) in [5.41, 5.74) is 0.587. The molecule has 0 bridgehead atoms. The Morgan fingerprint density at radius 1 is 1.40 bits per heavy atom. The average molecular weight is 302 g/mol. The average Bonchev–Trinajstić information content (AvgIpc) is 2.83. The van der Waals surface area contributed by atoms with Crippen LogP contribution in [0.25, 0.3) is 0 Å². The van der Waals surface area contributed by atoms with Crippen LogP contribution < -0.4 is 10.0 Å². The molecule has 0 saturated carbocycles. The molecule has 0 aliphatic heterocycles. The Hall–Kier alpha value is -0.920. The third-order valence-electron chi connectivity index (χ3n) is 3.35. The maximum atomic E-state index is 12.3. The number of H-pyrrole nitrogens is 1. The van der Waals surface area contributed by atoms with Gasteiger partial charge in [0.2, 0.25) is 0 Å². The van der Waals surface area contributed by atoms with Gasteiger partial charge in [-0.25, -0.2) is 13.1 Å². The normalized spacial score (nSPS) is 13.1. The summed E-state index contributed by atoms with van der Waals surface area (Å²) >= 11 is 0. The van der Waals surface area contributed by atoms with E-state index in [-0.39, 0.29) is 16.5 Å². The smallest absolute Gasteiger partial charge is 0.257 e. The molecule has 0 amide bonds. The molecule has 0 radical (unpaired) electrons. The molecule has 116 valence electrons. The maximum Gasteiger partial charge on any atom is 0.257 e. The highest BCUT2D eigenvalue weighted by atomic mass is 32.2. The number of sulfonamides is 1. The molecular formula is C13H26N4O2S. The van der Waals surface area contributed by atoms with Crippen molar-refractivity contribution in [1.82, 2.24) is 20.2 Å². The summed E-state index contributed by atoms with van der Waals surface area (Å²) in [5.74, 6) is 0. The first-order valence-electron chi connectivity index (χ1n) is 6.93. The van der Waals surface area contributed by atoms with Gasteiger partial charge in [0.1, 0.15) is 0 Å². The van der Waals surface area contributed by atoms with Crippen LogP contribution in [0.4, 0.5) is 0 Å². The molecule has 0 saturated heterocycles. The van der Waals surface area contributed by atoms with Crippen molar-refractivity contribution in [1.29, 1.82) is 0 Å². The standard InChI is InChI=1S/C13H26N4O2S/c1-6-13(4,5)9-16-20(18,19)12-11(8-15-17-12)7-14-10(2)3/h8,10,14,16H,6-7,9H2,1-5H3,(H,15,17). The molecular weight excluding hydrogens is 276 g/mol. The molecule has 0 spiro atoms. The number of aromatic amines is 1. The highest BCUT2D eigenvalue weighted by molar-refractivity contribution is 7.89. The predicted octanol–water partition coefficient (Wildman–Crippen LogP) is 1.62. The molecule has 6 nitrogen and oxygen atoms in total. The van der Waals surface area contributed by atoms with Gasteiger partial charge in [0.15, 0.2) is 5.03 Å². The van der Waals surface area contributed by atoms with Gasteiger partial charge in [-0.2, -0.15) is 5.10 Å². The summed E-state index contributed by atoms with van der Waals surface area (Å²) in [7, 11) is -3.55. The van der Waals surface area contributed by atoms with E-state index in [0.717, 1.165) is 6.42 Å². The van der Waals surface area contributed by atoms with E-state index in [9.17, 15) is 8.42 Å². The van der Waals surface area contributed by atoms with Crippen molar-refractivity contribution >= 4 is 10.0 Å². The third-order valence-corrected chi connectivity index (χ3v) is 4.76. The molecule has 0 aliphatic carbocycles. The number of hydrogen-bond donors (Lipinski definition) is 3. The van der Waals surface area contributed by atoms with Crippen molar-refractivity contribution < 1.29 is 8.42 Å². The fourth-order valence-corrected chi connectivity index (χ4v) is 2.83. The first-order chi connectivity index (χ1) is 9.18. The summed E-state index contributed by atoms with van der Waals surface area (Å²) < 4.78 is 27.3. The van der Waals surface area contributed by atoms with E-state index in [4.69, 9.17) is 0 Å². The van der Waals surface area contributed by atoms with Crippen LogP contribution >= 0.6 is 0 Å². The van der Waals surface area contributed by atoms with Crippen LogP contribution in [0.3, 0.4) is 0 Å². The highest BCUT2D eigenvalue weighted by Gasteiger charge is 2.24. The lowest BCUT2D eigenvalue weighted by Crippen LogP contribution is -2.34. The van der Waals surface area contributed by atoms with Gasteiger partial charge in [0.05, 0.1) is 6.20 Å². The first-order valence-corrected chi connectivity index (χ1v) is 8.41. The van der Waals surface area contributed by atoms with Crippen LogP contribution in [0, 0.1) is 5.41 Å². The largest absolute Gasteiger partial charge is 0.310 e. The quantitative estimate of drug-likeness (QED) is 0.681. The van der Waals surface area contributed by atoms with Crippen LogP contribution in [-0.2, 0) is 16.6 Å². The lowest BCUT2D eigenvalue weighted by atomic mass is 9.91. The van der Waals surface area contributed by atoms with E-state index in [1.165, 1.54) is 0 Å². The van der Waals surface area contributed by atoms with Crippen LogP contribution in [0.5, 0.6) is 0 Å². The topological polar surface area (TPSA) is 86.9 Å². The number of rotatable bonds is 8. The van der Waals surface area contributed by atoms with Crippen molar-refractivity contribution in [2.24, 2.45) is 5.41 Å². The molecule has 0 atom stereocenters. The molecule has 20 heavy (non-hydrogen) atoms. The van der Waals surface area contributed by atoms with E-state index in [1.54, 1.807) is 6.20 Å². The zero-order valence-corrected chi connectivity index (χ0v) is 13.8. The lowest BCUT2D eigenvalue weighted by molar-refractivity contribution is 0.350. The summed E-state index contributed by atoms with van der Waals surface area (Å²) in [6, 6.07) is 0.285. The zero-order chi connectivity index (χ0) is 15.4. The Labute approximate surface area is 121 Å². The van der Waals surface area contributed by atoms with Crippen LogP contribution in [0.15, 0.2) is 11.2 Å². The molecule has 1 aromatic rings. The minimum Gasteiger partial charge on any atom is -0.310 e. The van der Waals surface area contributed by atoms with Crippen molar-refractivity contribution in [3.8, 4) is 0 Å². The molecule has 3 N–H and O–H groups in total. The Bertz CT molecular complexity index is 520. The van der Waals surface area contributed by atoms with Gasteiger partial charge in [-0.05, 0) is 11.8 Å². The Balaban J connectivity index is 2.80. The fraction of sp³-hybridized carbons (Fsp3) is 0.769. The molecule has 1 aromatic heterocycles. The molecule has 0 unspecified atom stereocenters. The summed E-state index contributed by atoms with van der Waals surface area (Å²) in [6.45, 7) is 11.0. The molecule has 0 aliphatic rings. The molecule has 0 aromatic carbocycles. The fourth-order valence-electron chi connectivity index (χ4n) is 1.46. The van der Waals surface area contributed by atoms with Crippen molar-refractivity contribution in [3.63, 3.8) is 0 Å². The zero-order valence-electron chi connectivity index (χ0n) is 12.9. The lowest BCUT2D eigenvalue weighted by Gasteiger charge is -2.22. The number of nitrogens with zero attached hydrogens (tertiary/aromatic N) is 1. The van der Waals surface area contributed by atoms with E-state index >= 15 is 0 Å². The molecule has 1 heterocycles. The van der Waals surface area contributed by atoms with E-state index in [0.29, 0.717) is 18.7 Å². The number of aromatic nitrogens is 2. The second-order valence-electron chi connectivity index (χ2n) is 6.10. The second-order valence-corrected chi connectivity index (χ2v) is 7.81.